The van der Waals surface area contributed by atoms with Crippen molar-refractivity contribution in [2.45, 2.75) is 57.4 Å². The molecule has 4 bridgehead atoms. The minimum Gasteiger partial charge on any atom is -0.370 e. The Morgan fingerprint density at radius 2 is 1.71 bits per heavy atom. The standard InChI is InChI=1S/C29H37N3O5S/c33-27(30-14-24-20-10-17-9-18(12-20)13-21(24)11-17)19-3-2-7-31(15-19)25-5-1-4-23-26(25)29(35)32(28(23)34)22-6-8-38(36,37)16-22/h1,4-5,17-22,24H,2-3,6-16H2,(H,30,33)/t17?,18?,19-,20?,21?,22+,24?/m1/s1. The van der Waals surface area contributed by atoms with Gasteiger partial charge in [-0.2, -0.15) is 0 Å². The molecule has 38 heavy (non-hydrogen) atoms. The zero-order chi connectivity index (χ0) is 26.2. The smallest absolute Gasteiger partial charge is 0.263 e. The molecule has 8 rings (SSSR count). The van der Waals surface area contributed by atoms with Gasteiger partial charge >= 0.3 is 0 Å². The number of hydrogen-bond donors (Lipinski definition) is 1. The lowest BCUT2D eigenvalue weighted by molar-refractivity contribution is -0.126. The molecular weight excluding hydrogens is 502 g/mol. The molecule has 1 aromatic rings. The molecule has 1 aromatic carbocycles. The highest BCUT2D eigenvalue weighted by molar-refractivity contribution is 7.91. The molecule has 3 amide bonds. The van der Waals surface area contributed by atoms with E-state index in [9.17, 15) is 22.8 Å². The Morgan fingerprint density at radius 3 is 2.39 bits per heavy atom. The van der Waals surface area contributed by atoms with E-state index in [-0.39, 0.29) is 23.3 Å². The van der Waals surface area contributed by atoms with Gasteiger partial charge in [0.2, 0.25) is 5.91 Å². The number of amides is 3. The minimum atomic E-state index is -3.24. The number of sulfone groups is 1. The van der Waals surface area contributed by atoms with Crippen molar-refractivity contribution in [2.75, 3.05) is 36.0 Å². The van der Waals surface area contributed by atoms with Crippen LogP contribution in [0.3, 0.4) is 0 Å². The number of carbonyl (C=O) groups is 3. The highest BCUT2D eigenvalue weighted by Crippen LogP contribution is 2.56. The van der Waals surface area contributed by atoms with Gasteiger partial charge < -0.3 is 10.2 Å². The topological polar surface area (TPSA) is 104 Å². The molecular formula is C29H37N3O5S. The molecule has 9 heteroatoms. The fraction of sp³-hybridized carbons (Fsp3) is 0.690. The van der Waals surface area contributed by atoms with Gasteiger partial charge in [0.05, 0.1) is 40.3 Å². The van der Waals surface area contributed by atoms with Crippen LogP contribution < -0.4 is 10.2 Å². The second-order valence-electron chi connectivity index (χ2n) is 12.9. The number of nitrogens with one attached hydrogen (secondary N) is 1. The lowest BCUT2D eigenvalue weighted by Crippen LogP contribution is -2.50. The average molecular weight is 540 g/mol. The van der Waals surface area contributed by atoms with Crippen molar-refractivity contribution in [3.05, 3.63) is 29.3 Å². The third kappa shape index (κ3) is 4.07. The molecule has 4 aliphatic carbocycles. The number of benzene rings is 1. The Morgan fingerprint density at radius 1 is 0.974 bits per heavy atom. The molecule has 7 aliphatic rings. The summed E-state index contributed by atoms with van der Waals surface area (Å²) in [6.07, 6.45) is 8.77. The van der Waals surface area contributed by atoms with E-state index in [1.54, 1.807) is 12.1 Å². The van der Waals surface area contributed by atoms with E-state index < -0.39 is 27.7 Å². The van der Waals surface area contributed by atoms with Gasteiger partial charge in [-0.1, -0.05) is 6.07 Å². The maximum Gasteiger partial charge on any atom is 0.263 e. The summed E-state index contributed by atoms with van der Waals surface area (Å²) in [5.41, 5.74) is 1.38. The number of carbonyl (C=O) groups excluding carboxylic acids is 3. The van der Waals surface area contributed by atoms with Crippen molar-refractivity contribution in [1.82, 2.24) is 10.2 Å². The largest absolute Gasteiger partial charge is 0.370 e. The molecule has 2 saturated heterocycles. The average Bonchev–Trinajstić information content (AvgIpc) is 3.38. The zero-order valence-electron chi connectivity index (χ0n) is 21.8. The summed E-state index contributed by atoms with van der Waals surface area (Å²) in [6, 6.07) is 4.69. The number of piperidine rings is 1. The molecule has 0 spiro atoms. The van der Waals surface area contributed by atoms with E-state index in [1.165, 1.54) is 32.1 Å². The van der Waals surface area contributed by atoms with E-state index in [0.717, 1.165) is 54.5 Å². The predicted molar refractivity (Wildman–Crippen MR) is 142 cm³/mol. The number of nitrogens with zero attached hydrogens (tertiary/aromatic N) is 2. The Bertz CT molecular complexity index is 1260. The van der Waals surface area contributed by atoms with Crippen molar-refractivity contribution in [1.29, 1.82) is 0 Å². The van der Waals surface area contributed by atoms with Gasteiger partial charge in [0, 0.05) is 19.6 Å². The van der Waals surface area contributed by atoms with Crippen LogP contribution in [0.2, 0.25) is 0 Å². The lowest BCUT2D eigenvalue weighted by atomic mass is 9.52. The van der Waals surface area contributed by atoms with Gasteiger partial charge in [0.25, 0.3) is 11.8 Å². The number of hydrogen-bond acceptors (Lipinski definition) is 6. The first-order valence-corrected chi connectivity index (χ1v) is 16.3. The zero-order valence-corrected chi connectivity index (χ0v) is 22.6. The van der Waals surface area contributed by atoms with E-state index >= 15 is 0 Å². The number of fused-ring (bicyclic) bond motifs is 1. The van der Waals surface area contributed by atoms with Gasteiger partial charge in [-0.05, 0) is 93.1 Å². The van der Waals surface area contributed by atoms with Crippen LogP contribution in [-0.4, -0.2) is 68.2 Å². The van der Waals surface area contributed by atoms with Crippen LogP contribution in [0, 0.1) is 35.5 Å². The van der Waals surface area contributed by atoms with Crippen molar-refractivity contribution >= 4 is 33.2 Å². The van der Waals surface area contributed by atoms with Crippen molar-refractivity contribution in [3.63, 3.8) is 0 Å². The summed E-state index contributed by atoms with van der Waals surface area (Å²) in [6.45, 7) is 2.02. The molecule has 6 fully saturated rings. The molecule has 0 unspecified atom stereocenters. The van der Waals surface area contributed by atoms with Crippen LogP contribution in [0.1, 0.15) is 72.1 Å². The fourth-order valence-electron chi connectivity index (χ4n) is 9.00. The monoisotopic (exact) mass is 539 g/mol. The van der Waals surface area contributed by atoms with Crippen molar-refractivity contribution < 1.29 is 22.8 Å². The lowest BCUT2D eigenvalue weighted by Gasteiger charge is -2.54. The maximum atomic E-state index is 13.5. The predicted octanol–water partition coefficient (Wildman–Crippen LogP) is 2.87. The van der Waals surface area contributed by atoms with Crippen LogP contribution in [0.4, 0.5) is 5.69 Å². The van der Waals surface area contributed by atoms with Gasteiger partial charge in [0.15, 0.2) is 9.84 Å². The molecule has 8 nitrogen and oxygen atoms in total. The van der Waals surface area contributed by atoms with Crippen LogP contribution in [0.25, 0.3) is 0 Å². The summed E-state index contributed by atoms with van der Waals surface area (Å²) >= 11 is 0. The van der Waals surface area contributed by atoms with Crippen molar-refractivity contribution in [3.8, 4) is 0 Å². The quantitative estimate of drug-likeness (QED) is 0.577. The highest BCUT2D eigenvalue weighted by atomic mass is 32.2. The third-order valence-corrected chi connectivity index (χ3v) is 12.3. The SMILES string of the molecule is O=C(NCC1C2CC3CC(C2)CC1C3)[C@@H]1CCCN(c2cccc3c2C(=O)N([C@H]2CCS(=O)(=O)C2)C3=O)C1. The van der Waals surface area contributed by atoms with Crippen LogP contribution in [0.15, 0.2) is 18.2 Å². The molecule has 204 valence electrons. The van der Waals surface area contributed by atoms with E-state index in [4.69, 9.17) is 0 Å². The third-order valence-electron chi connectivity index (χ3n) is 10.6. The van der Waals surface area contributed by atoms with Crippen LogP contribution >= 0.6 is 0 Å². The van der Waals surface area contributed by atoms with E-state index in [0.29, 0.717) is 35.7 Å². The Kier molecular flexibility index (Phi) is 5.87. The second-order valence-corrected chi connectivity index (χ2v) is 15.1. The molecule has 3 heterocycles. The number of rotatable bonds is 5. The summed E-state index contributed by atoms with van der Waals surface area (Å²) in [5, 5.41) is 3.32. The van der Waals surface area contributed by atoms with Gasteiger partial charge in [-0.25, -0.2) is 8.42 Å². The summed E-state index contributed by atoms with van der Waals surface area (Å²) in [4.78, 5) is 43.2. The molecule has 0 aromatic heterocycles. The van der Waals surface area contributed by atoms with E-state index in [1.807, 2.05) is 6.07 Å². The molecule has 0 radical (unpaired) electrons. The van der Waals surface area contributed by atoms with Crippen LogP contribution in [-0.2, 0) is 14.6 Å². The highest BCUT2D eigenvalue weighted by Gasteiger charge is 2.48. The van der Waals surface area contributed by atoms with Crippen molar-refractivity contribution in [2.24, 2.45) is 35.5 Å². The molecule has 1 N–H and O–H groups in total. The summed E-state index contributed by atoms with van der Waals surface area (Å²) in [7, 11) is -3.24. The summed E-state index contributed by atoms with van der Waals surface area (Å²) < 4.78 is 24.1. The first-order valence-electron chi connectivity index (χ1n) is 14.5. The van der Waals surface area contributed by atoms with Gasteiger partial charge in [0.1, 0.15) is 0 Å². The maximum absolute atomic E-state index is 13.5. The Labute approximate surface area is 224 Å². The minimum absolute atomic E-state index is 0.00432. The molecule has 4 saturated carbocycles. The molecule has 3 aliphatic heterocycles. The van der Waals surface area contributed by atoms with Crippen LogP contribution in [0.5, 0.6) is 0 Å². The first-order chi connectivity index (χ1) is 18.3. The Balaban J connectivity index is 1.04. The number of imide groups is 1. The number of anilines is 1. The second kappa shape index (κ2) is 9.07. The summed E-state index contributed by atoms with van der Waals surface area (Å²) in [5.74, 6) is 3.01. The normalized spacial score (nSPS) is 37.1. The first kappa shape index (κ1) is 24.6. The fourth-order valence-corrected chi connectivity index (χ4v) is 10.7. The van der Waals surface area contributed by atoms with Gasteiger partial charge in [-0.15, -0.1) is 0 Å². The Hall–Kier alpha value is -2.42. The molecule has 2 atom stereocenters. The van der Waals surface area contributed by atoms with Gasteiger partial charge in [-0.3, -0.25) is 19.3 Å². The van der Waals surface area contributed by atoms with E-state index in [2.05, 4.69) is 10.2 Å².